The molecule has 1 aromatic carbocycles. The van der Waals surface area contributed by atoms with E-state index in [1.807, 2.05) is 18.4 Å². The molecule has 0 radical (unpaired) electrons. The molecule has 1 aliphatic heterocycles. The van der Waals surface area contributed by atoms with Crippen LogP contribution in [0.5, 0.6) is 5.75 Å². The maximum Gasteiger partial charge on any atom is 0.130 e. The van der Waals surface area contributed by atoms with E-state index in [0.29, 0.717) is 0 Å². The summed E-state index contributed by atoms with van der Waals surface area (Å²) in [5.41, 5.74) is 2.85. The molecule has 0 aliphatic carbocycles. The highest BCUT2D eigenvalue weighted by atomic mass is 16.5. The summed E-state index contributed by atoms with van der Waals surface area (Å²) in [7, 11) is 0. The molecule has 1 aromatic rings. The Morgan fingerprint density at radius 3 is 2.57 bits per heavy atom. The zero-order valence-corrected chi connectivity index (χ0v) is 9.00. The second kappa shape index (κ2) is 3.16. The Morgan fingerprint density at radius 1 is 1.14 bits per heavy atom. The van der Waals surface area contributed by atoms with Crippen molar-refractivity contribution in [1.29, 1.82) is 0 Å². The van der Waals surface area contributed by atoms with E-state index < -0.39 is 0 Å². The summed E-state index contributed by atoms with van der Waals surface area (Å²) in [6.07, 6.45) is 2.92. The van der Waals surface area contributed by atoms with Crippen LogP contribution in [0, 0.1) is 5.41 Å². The standard InChI is InChI=1S/C13H16O/c1-13(2,3)11-8-10-6-4-5-7-12(10)14-9-11/h4-7,9H,8H2,1-3H3. The summed E-state index contributed by atoms with van der Waals surface area (Å²) in [4.78, 5) is 0. The van der Waals surface area contributed by atoms with Gasteiger partial charge >= 0.3 is 0 Å². The van der Waals surface area contributed by atoms with E-state index in [1.54, 1.807) is 0 Å². The van der Waals surface area contributed by atoms with Gasteiger partial charge in [-0.1, -0.05) is 39.0 Å². The fourth-order valence-electron chi connectivity index (χ4n) is 1.59. The minimum absolute atomic E-state index is 0.202. The number of hydrogen-bond donors (Lipinski definition) is 0. The predicted octanol–water partition coefficient (Wildman–Crippen LogP) is 3.55. The fourth-order valence-corrected chi connectivity index (χ4v) is 1.59. The molecule has 0 amide bonds. The van der Waals surface area contributed by atoms with Gasteiger partial charge in [-0.25, -0.2) is 0 Å². The first kappa shape index (κ1) is 9.32. The Balaban J connectivity index is 2.30. The van der Waals surface area contributed by atoms with Gasteiger partial charge in [0, 0.05) is 6.42 Å². The minimum atomic E-state index is 0.202. The average Bonchev–Trinajstić information content (AvgIpc) is 2.16. The van der Waals surface area contributed by atoms with Crippen molar-refractivity contribution in [2.24, 2.45) is 5.41 Å². The molecule has 14 heavy (non-hydrogen) atoms. The molecule has 1 heterocycles. The van der Waals surface area contributed by atoms with Crippen LogP contribution in [-0.2, 0) is 6.42 Å². The molecule has 0 spiro atoms. The molecule has 0 bridgehead atoms. The van der Waals surface area contributed by atoms with Gasteiger partial charge < -0.3 is 4.74 Å². The molecule has 0 saturated carbocycles. The van der Waals surface area contributed by atoms with Crippen LogP contribution in [0.1, 0.15) is 26.3 Å². The van der Waals surface area contributed by atoms with Crippen molar-refractivity contribution >= 4 is 0 Å². The Labute approximate surface area is 85.4 Å². The number of rotatable bonds is 0. The maximum absolute atomic E-state index is 5.60. The van der Waals surface area contributed by atoms with E-state index in [2.05, 4.69) is 32.9 Å². The third-order valence-corrected chi connectivity index (χ3v) is 2.65. The number of ether oxygens (including phenoxy) is 1. The van der Waals surface area contributed by atoms with Gasteiger partial charge in [-0.15, -0.1) is 0 Å². The fraction of sp³-hybridized carbons (Fsp3) is 0.385. The van der Waals surface area contributed by atoms with Gasteiger partial charge in [0.1, 0.15) is 5.75 Å². The molecule has 1 heteroatoms. The van der Waals surface area contributed by atoms with E-state index in [0.717, 1.165) is 12.2 Å². The number of benzene rings is 1. The number of allylic oxidation sites excluding steroid dienone is 1. The van der Waals surface area contributed by atoms with E-state index >= 15 is 0 Å². The van der Waals surface area contributed by atoms with Gasteiger partial charge in [0.25, 0.3) is 0 Å². The van der Waals surface area contributed by atoms with Crippen molar-refractivity contribution in [1.82, 2.24) is 0 Å². The average molecular weight is 188 g/mol. The molecule has 0 atom stereocenters. The Hall–Kier alpha value is -1.24. The molecule has 2 rings (SSSR count). The molecule has 0 N–H and O–H groups in total. The van der Waals surface area contributed by atoms with E-state index in [1.165, 1.54) is 11.1 Å². The zero-order chi connectivity index (χ0) is 10.2. The molecule has 1 aliphatic rings. The molecule has 0 fully saturated rings. The lowest BCUT2D eigenvalue weighted by Crippen LogP contribution is -2.16. The van der Waals surface area contributed by atoms with Gasteiger partial charge in [-0.3, -0.25) is 0 Å². The number of fused-ring (bicyclic) bond motifs is 1. The van der Waals surface area contributed by atoms with Gasteiger partial charge in [-0.05, 0) is 22.6 Å². The van der Waals surface area contributed by atoms with Crippen molar-refractivity contribution in [3.63, 3.8) is 0 Å². The summed E-state index contributed by atoms with van der Waals surface area (Å²) in [5.74, 6) is 1.00. The summed E-state index contributed by atoms with van der Waals surface area (Å²) in [6, 6.07) is 8.22. The Bertz CT molecular complexity index is 369. The number of para-hydroxylation sites is 1. The molecule has 0 saturated heterocycles. The van der Waals surface area contributed by atoms with E-state index in [4.69, 9.17) is 4.74 Å². The lowest BCUT2D eigenvalue weighted by Gasteiger charge is -2.26. The van der Waals surface area contributed by atoms with Crippen LogP contribution in [0.25, 0.3) is 0 Å². The first-order valence-corrected chi connectivity index (χ1v) is 5.01. The second-order valence-electron chi connectivity index (χ2n) is 4.80. The van der Waals surface area contributed by atoms with Crippen LogP contribution < -0.4 is 4.74 Å². The lowest BCUT2D eigenvalue weighted by molar-refractivity contribution is 0.404. The molecule has 74 valence electrons. The van der Waals surface area contributed by atoms with Crippen LogP contribution in [0.3, 0.4) is 0 Å². The van der Waals surface area contributed by atoms with Crippen molar-refractivity contribution in [2.75, 3.05) is 0 Å². The predicted molar refractivity (Wildman–Crippen MR) is 58.3 cm³/mol. The van der Waals surface area contributed by atoms with Gasteiger partial charge in [0.2, 0.25) is 0 Å². The third kappa shape index (κ3) is 1.67. The van der Waals surface area contributed by atoms with Crippen LogP contribution in [0.15, 0.2) is 36.1 Å². The van der Waals surface area contributed by atoms with Crippen LogP contribution in [-0.4, -0.2) is 0 Å². The van der Waals surface area contributed by atoms with Crippen molar-refractivity contribution < 1.29 is 4.74 Å². The van der Waals surface area contributed by atoms with Crippen molar-refractivity contribution in [2.45, 2.75) is 27.2 Å². The van der Waals surface area contributed by atoms with Crippen molar-refractivity contribution in [3.8, 4) is 5.75 Å². The summed E-state index contributed by atoms with van der Waals surface area (Å²) < 4.78 is 5.60. The van der Waals surface area contributed by atoms with Crippen molar-refractivity contribution in [3.05, 3.63) is 41.7 Å². The Kier molecular flexibility index (Phi) is 2.10. The van der Waals surface area contributed by atoms with Crippen LogP contribution in [0.4, 0.5) is 0 Å². The normalized spacial score (nSPS) is 15.5. The summed E-state index contributed by atoms with van der Waals surface area (Å²) in [5, 5.41) is 0. The lowest BCUT2D eigenvalue weighted by atomic mass is 9.83. The van der Waals surface area contributed by atoms with Gasteiger partial charge in [0.05, 0.1) is 6.26 Å². The highest BCUT2D eigenvalue weighted by molar-refractivity contribution is 5.40. The van der Waals surface area contributed by atoms with Crippen LogP contribution in [0.2, 0.25) is 0 Å². The highest BCUT2D eigenvalue weighted by Gasteiger charge is 2.22. The monoisotopic (exact) mass is 188 g/mol. The molecular weight excluding hydrogens is 172 g/mol. The SMILES string of the molecule is CC(C)(C)C1=COc2ccccc2C1. The molecule has 0 unspecified atom stereocenters. The molecule has 1 nitrogen and oxygen atoms in total. The number of hydrogen-bond acceptors (Lipinski definition) is 1. The summed E-state index contributed by atoms with van der Waals surface area (Å²) in [6.45, 7) is 6.66. The van der Waals surface area contributed by atoms with Crippen LogP contribution >= 0.6 is 0 Å². The quantitative estimate of drug-likeness (QED) is 0.605. The zero-order valence-electron chi connectivity index (χ0n) is 9.00. The molecule has 0 aromatic heterocycles. The smallest absolute Gasteiger partial charge is 0.130 e. The molecular formula is C13H16O. The summed E-state index contributed by atoms with van der Waals surface area (Å²) >= 11 is 0. The first-order valence-electron chi connectivity index (χ1n) is 5.01. The largest absolute Gasteiger partial charge is 0.465 e. The van der Waals surface area contributed by atoms with E-state index in [9.17, 15) is 0 Å². The minimum Gasteiger partial charge on any atom is -0.465 e. The topological polar surface area (TPSA) is 9.23 Å². The highest BCUT2D eigenvalue weighted by Crippen LogP contribution is 2.34. The third-order valence-electron chi connectivity index (χ3n) is 2.65. The Morgan fingerprint density at radius 2 is 1.86 bits per heavy atom. The van der Waals surface area contributed by atoms with Gasteiger partial charge in [-0.2, -0.15) is 0 Å². The van der Waals surface area contributed by atoms with E-state index in [-0.39, 0.29) is 5.41 Å². The van der Waals surface area contributed by atoms with Gasteiger partial charge in [0.15, 0.2) is 0 Å². The maximum atomic E-state index is 5.60. The second-order valence-corrected chi connectivity index (χ2v) is 4.80. The first-order chi connectivity index (χ1) is 6.57.